The van der Waals surface area contributed by atoms with Crippen LogP contribution in [0.5, 0.6) is 0 Å². The van der Waals surface area contributed by atoms with E-state index in [9.17, 15) is 0 Å². The van der Waals surface area contributed by atoms with Gasteiger partial charge < -0.3 is 19.8 Å². The fourth-order valence-corrected chi connectivity index (χ4v) is 11.4. The van der Waals surface area contributed by atoms with E-state index in [1.165, 1.54) is 64.5 Å². The average molecular weight is 841 g/mol. The van der Waals surface area contributed by atoms with Gasteiger partial charge in [0.2, 0.25) is 0 Å². The molecule has 0 N–H and O–H groups in total. The molecule has 8 rings (SSSR count). The number of hydrogen-bond donors (Lipinski definition) is 0. The van der Waals surface area contributed by atoms with Gasteiger partial charge in [-0.2, -0.15) is 12.1 Å². The maximum absolute atomic E-state index is 8.89. The molecule has 8 aromatic rings. The Labute approximate surface area is 337 Å². The number of benzene rings is 8. The maximum atomic E-state index is 8.89. The maximum Gasteiger partial charge on any atom is 3.00 e. The molecular formula is C48H37O4P2Ru. The predicted octanol–water partition coefficient (Wildman–Crippen LogP) is 6.49. The van der Waals surface area contributed by atoms with E-state index in [-0.39, 0.29) is 19.5 Å². The molecule has 0 aliphatic rings. The molecule has 0 unspecified atom stereocenters. The van der Waals surface area contributed by atoms with Crippen LogP contribution in [0.1, 0.15) is 13.8 Å². The summed E-state index contributed by atoms with van der Waals surface area (Å²) < 4.78 is 0. The summed E-state index contributed by atoms with van der Waals surface area (Å²) in [5.74, 6) is -2.17. The molecule has 0 aromatic heterocycles. The second-order valence-corrected chi connectivity index (χ2v) is 16.6. The number of aliphatic carboxylic acids is 2. The molecule has 0 aliphatic heterocycles. The van der Waals surface area contributed by atoms with Crippen LogP contribution in [-0.4, -0.2) is 11.9 Å². The summed E-state index contributed by atoms with van der Waals surface area (Å²) in [6, 6.07) is 72.8. The third kappa shape index (κ3) is 10.1. The van der Waals surface area contributed by atoms with Gasteiger partial charge in [0.05, 0.1) is 0 Å². The van der Waals surface area contributed by atoms with Crippen molar-refractivity contribution in [3.63, 3.8) is 0 Å². The first-order chi connectivity index (χ1) is 26.3. The van der Waals surface area contributed by atoms with Gasteiger partial charge in [0.15, 0.2) is 0 Å². The summed E-state index contributed by atoms with van der Waals surface area (Å²) in [4.78, 5) is 17.8. The largest absolute Gasteiger partial charge is 3.00 e. The number of hydrogen-bond acceptors (Lipinski definition) is 4. The molecule has 0 bridgehead atoms. The number of rotatable bonds is 7. The van der Waals surface area contributed by atoms with Crippen LogP contribution < -0.4 is 42.0 Å². The van der Waals surface area contributed by atoms with Crippen LogP contribution in [0.15, 0.2) is 188 Å². The second-order valence-electron chi connectivity index (χ2n) is 12.3. The first-order valence-electron chi connectivity index (χ1n) is 17.4. The Kier molecular flexibility index (Phi) is 14.8. The molecule has 0 fully saturated rings. The molecule has 0 amide bonds. The van der Waals surface area contributed by atoms with E-state index in [1.807, 2.05) is 0 Å². The summed E-state index contributed by atoms with van der Waals surface area (Å²) in [5, 5.41) is 30.8. The standard InChI is InChI=1S/C44H31P2.2C2H4O2.Ru/c1-5-19-35(20-6-1)45(36-21-7-2-8-22-36)41-31-29-33-17-13-15-27-39(33)43(41)44-40-28-16-14-18-34(40)30-32-42(44)46(37-23-9-3-10-24-37)38-25-11-4-12-26-38;2*1-2(3)4;/h1-31H;2*1H3,(H,3,4);/q-1;;;+3/p-2. The van der Waals surface area contributed by atoms with Crippen molar-refractivity contribution in [2.45, 2.75) is 13.8 Å². The van der Waals surface area contributed by atoms with Crippen LogP contribution in [0.2, 0.25) is 0 Å². The Morgan fingerprint density at radius 1 is 0.436 bits per heavy atom. The smallest absolute Gasteiger partial charge is 0.550 e. The zero-order valence-electron chi connectivity index (χ0n) is 30.3. The molecule has 0 heterocycles. The summed E-state index contributed by atoms with van der Waals surface area (Å²) >= 11 is 0. The van der Waals surface area contributed by atoms with Gasteiger partial charge in [0, 0.05) is 11.9 Å². The van der Waals surface area contributed by atoms with E-state index < -0.39 is 27.8 Å². The first-order valence-corrected chi connectivity index (χ1v) is 20.1. The van der Waals surface area contributed by atoms with Crippen LogP contribution in [0.25, 0.3) is 32.7 Å². The normalized spacial score (nSPS) is 10.5. The Balaban J connectivity index is 0.000000591. The zero-order valence-corrected chi connectivity index (χ0v) is 33.8. The van der Waals surface area contributed by atoms with Gasteiger partial charge in [0.25, 0.3) is 0 Å². The third-order valence-corrected chi connectivity index (χ3v) is 13.4. The van der Waals surface area contributed by atoms with Crippen LogP contribution in [0, 0.1) is 6.07 Å². The van der Waals surface area contributed by atoms with Crippen molar-refractivity contribution in [2.24, 2.45) is 0 Å². The van der Waals surface area contributed by atoms with Crippen LogP contribution in [0.4, 0.5) is 0 Å². The number of carbonyl (C=O) groups excluding carboxylic acids is 2. The van der Waals surface area contributed by atoms with Gasteiger partial charge in [-0.15, -0.1) is 27.7 Å². The fraction of sp³-hybridized carbons (Fsp3) is 0.0417. The summed E-state index contributed by atoms with van der Waals surface area (Å²) in [7, 11) is -1.77. The monoisotopic (exact) mass is 841 g/mol. The molecule has 8 aromatic carbocycles. The van der Waals surface area contributed by atoms with Crippen molar-refractivity contribution in [1.82, 2.24) is 0 Å². The van der Waals surface area contributed by atoms with Crippen LogP contribution in [0.3, 0.4) is 0 Å². The third-order valence-electron chi connectivity index (χ3n) is 8.51. The Morgan fingerprint density at radius 3 is 1.22 bits per heavy atom. The molecule has 0 aliphatic carbocycles. The molecule has 1 radical (unpaired) electrons. The van der Waals surface area contributed by atoms with Crippen molar-refractivity contribution < 1.29 is 39.3 Å². The molecular weight excluding hydrogens is 804 g/mol. The molecule has 55 heavy (non-hydrogen) atoms. The van der Waals surface area contributed by atoms with E-state index >= 15 is 0 Å². The van der Waals surface area contributed by atoms with Gasteiger partial charge >= 0.3 is 19.5 Å². The predicted molar refractivity (Wildman–Crippen MR) is 224 cm³/mol. The first kappa shape index (κ1) is 40.9. The van der Waals surface area contributed by atoms with Crippen LogP contribution >= 0.6 is 15.8 Å². The molecule has 0 spiro atoms. The van der Waals surface area contributed by atoms with Gasteiger partial charge in [-0.25, -0.2) is 0 Å². The number of carbonyl (C=O) groups is 2. The van der Waals surface area contributed by atoms with Crippen molar-refractivity contribution in [2.75, 3.05) is 0 Å². The molecule has 4 nitrogen and oxygen atoms in total. The average Bonchev–Trinajstić information content (AvgIpc) is 3.19. The summed E-state index contributed by atoms with van der Waals surface area (Å²) in [6.07, 6.45) is 0. The molecule has 7 heteroatoms. The van der Waals surface area contributed by atoms with Crippen molar-refractivity contribution in [3.05, 3.63) is 194 Å². The van der Waals surface area contributed by atoms with Crippen molar-refractivity contribution in [1.29, 1.82) is 0 Å². The van der Waals surface area contributed by atoms with E-state index in [2.05, 4.69) is 194 Å². The molecule has 0 saturated heterocycles. The SMILES string of the molecule is CC(=O)[O-].CC(=O)[O-].[Ru+3].[c-]1cc2ccccc2c(-c2c(P(c3ccccc3)c3ccccc3)ccc3ccccc23)c1P(c1ccccc1)c1ccccc1. The van der Waals surface area contributed by atoms with E-state index in [0.717, 1.165) is 13.8 Å². The van der Waals surface area contributed by atoms with E-state index in [1.54, 1.807) is 0 Å². The van der Waals surface area contributed by atoms with E-state index in [4.69, 9.17) is 19.8 Å². The Bertz CT molecular complexity index is 2220. The Morgan fingerprint density at radius 2 is 0.782 bits per heavy atom. The zero-order chi connectivity index (χ0) is 37.9. The van der Waals surface area contributed by atoms with Crippen molar-refractivity contribution >= 4 is 81.2 Å². The molecule has 271 valence electrons. The number of carboxylic acids is 2. The topological polar surface area (TPSA) is 80.3 Å². The minimum absolute atomic E-state index is 0. The van der Waals surface area contributed by atoms with Gasteiger partial charge in [0.1, 0.15) is 0 Å². The molecule has 0 atom stereocenters. The number of carboxylic acid groups (broad SMARTS) is 2. The molecule has 0 saturated carbocycles. The van der Waals surface area contributed by atoms with Crippen LogP contribution in [-0.2, 0) is 29.1 Å². The summed E-state index contributed by atoms with van der Waals surface area (Å²) in [6.45, 7) is 1.94. The van der Waals surface area contributed by atoms with Crippen molar-refractivity contribution in [3.8, 4) is 11.1 Å². The van der Waals surface area contributed by atoms with Gasteiger partial charge in [-0.1, -0.05) is 181 Å². The minimum atomic E-state index is -1.08. The quantitative estimate of drug-likeness (QED) is 0.105. The second kappa shape index (κ2) is 19.9. The van der Waals surface area contributed by atoms with E-state index in [0.29, 0.717) is 0 Å². The van der Waals surface area contributed by atoms with Gasteiger partial charge in [-0.05, 0) is 67.0 Å². The van der Waals surface area contributed by atoms with Gasteiger partial charge in [-0.3, -0.25) is 0 Å². The Hall–Kier alpha value is -5.30. The minimum Gasteiger partial charge on any atom is -0.550 e. The summed E-state index contributed by atoms with van der Waals surface area (Å²) in [5.41, 5.74) is 2.61. The number of fused-ring (bicyclic) bond motifs is 2. The fourth-order valence-electron chi connectivity index (χ4n) is 6.48.